The third-order valence-electron chi connectivity index (χ3n) is 1.45. The average molecular weight is 178 g/mol. The third-order valence-corrected chi connectivity index (χ3v) is 1.80. The van der Waals surface area contributed by atoms with Crippen LogP contribution in [-0.4, -0.2) is 0 Å². The van der Waals surface area contributed by atoms with Gasteiger partial charge in [-0.1, -0.05) is 29.8 Å². The van der Waals surface area contributed by atoms with Crippen LogP contribution in [0.2, 0.25) is 5.02 Å². The maximum Gasteiger partial charge on any atom is 0.0944 e. The fourth-order valence-electron chi connectivity index (χ4n) is 0.858. The topological polar surface area (TPSA) is 23.8 Å². The standard InChI is InChI=1S/C10H8ClN/c1-8(7-12)6-9-4-2-3-5-10(9)11/h2-6H,1H3/b8-6-. The quantitative estimate of drug-likeness (QED) is 0.604. The van der Waals surface area contributed by atoms with Crippen molar-refractivity contribution < 1.29 is 0 Å². The van der Waals surface area contributed by atoms with E-state index in [0.29, 0.717) is 10.6 Å². The summed E-state index contributed by atoms with van der Waals surface area (Å²) >= 11 is 5.87. The number of hydrogen-bond donors (Lipinski definition) is 0. The zero-order chi connectivity index (χ0) is 8.97. The lowest BCUT2D eigenvalue weighted by molar-refractivity contribution is 1.46. The molecule has 0 bridgehead atoms. The number of halogens is 1. The smallest absolute Gasteiger partial charge is 0.0944 e. The molecule has 0 aliphatic rings. The largest absolute Gasteiger partial charge is 0.193 e. The monoisotopic (exact) mass is 177 g/mol. The van der Waals surface area contributed by atoms with Gasteiger partial charge in [0.25, 0.3) is 0 Å². The van der Waals surface area contributed by atoms with Gasteiger partial charge in [-0.3, -0.25) is 0 Å². The van der Waals surface area contributed by atoms with Crippen LogP contribution in [0.3, 0.4) is 0 Å². The van der Waals surface area contributed by atoms with E-state index in [1.807, 2.05) is 24.3 Å². The zero-order valence-corrected chi connectivity index (χ0v) is 7.47. The molecule has 60 valence electrons. The molecule has 0 aliphatic heterocycles. The van der Waals surface area contributed by atoms with Crippen LogP contribution >= 0.6 is 11.6 Å². The van der Waals surface area contributed by atoms with Crippen LogP contribution in [0.5, 0.6) is 0 Å². The lowest BCUT2D eigenvalue weighted by Crippen LogP contribution is -1.75. The van der Waals surface area contributed by atoms with Gasteiger partial charge in [0.1, 0.15) is 0 Å². The van der Waals surface area contributed by atoms with E-state index < -0.39 is 0 Å². The molecule has 12 heavy (non-hydrogen) atoms. The van der Waals surface area contributed by atoms with Gasteiger partial charge in [-0.25, -0.2) is 0 Å². The Labute approximate surface area is 76.9 Å². The highest BCUT2D eigenvalue weighted by Gasteiger charge is 1.94. The van der Waals surface area contributed by atoms with Crippen molar-refractivity contribution in [1.29, 1.82) is 5.26 Å². The van der Waals surface area contributed by atoms with Gasteiger partial charge >= 0.3 is 0 Å². The summed E-state index contributed by atoms with van der Waals surface area (Å²) in [6, 6.07) is 9.48. The summed E-state index contributed by atoms with van der Waals surface area (Å²) in [4.78, 5) is 0. The Balaban J connectivity index is 3.06. The van der Waals surface area contributed by atoms with Gasteiger partial charge in [0, 0.05) is 10.6 Å². The highest BCUT2D eigenvalue weighted by Crippen LogP contribution is 2.17. The lowest BCUT2D eigenvalue weighted by Gasteiger charge is -1.95. The molecule has 1 aromatic carbocycles. The molecule has 0 fully saturated rings. The molecule has 1 nitrogen and oxygen atoms in total. The van der Waals surface area contributed by atoms with Gasteiger partial charge in [0.15, 0.2) is 0 Å². The Morgan fingerprint density at radius 2 is 2.17 bits per heavy atom. The van der Waals surface area contributed by atoms with Crippen molar-refractivity contribution >= 4 is 17.7 Å². The van der Waals surface area contributed by atoms with E-state index in [2.05, 4.69) is 0 Å². The minimum absolute atomic E-state index is 0.656. The SMILES string of the molecule is C/C(C#N)=C/c1ccccc1Cl. The second-order valence-corrected chi connectivity index (χ2v) is 2.87. The normalized spacial score (nSPS) is 10.9. The Bertz CT molecular complexity index is 347. The van der Waals surface area contributed by atoms with E-state index >= 15 is 0 Å². The van der Waals surface area contributed by atoms with Crippen molar-refractivity contribution in [2.45, 2.75) is 6.92 Å². The maximum absolute atomic E-state index is 8.53. The van der Waals surface area contributed by atoms with Crippen molar-refractivity contribution in [3.63, 3.8) is 0 Å². The summed E-state index contributed by atoms with van der Waals surface area (Å²) in [6.45, 7) is 1.75. The van der Waals surface area contributed by atoms with E-state index in [4.69, 9.17) is 16.9 Å². The molecule has 1 aromatic rings. The molecule has 0 saturated heterocycles. The first-order valence-electron chi connectivity index (χ1n) is 3.57. The van der Waals surface area contributed by atoms with Crippen LogP contribution < -0.4 is 0 Å². The zero-order valence-electron chi connectivity index (χ0n) is 6.71. The molecule has 0 heterocycles. The molecule has 0 N–H and O–H groups in total. The van der Waals surface area contributed by atoms with E-state index in [9.17, 15) is 0 Å². The van der Waals surface area contributed by atoms with Crippen LogP contribution in [0.25, 0.3) is 6.08 Å². The molecule has 0 radical (unpaired) electrons. The second kappa shape index (κ2) is 3.94. The molecule has 0 unspecified atom stereocenters. The van der Waals surface area contributed by atoms with E-state index in [1.54, 1.807) is 19.1 Å². The van der Waals surface area contributed by atoms with E-state index in [0.717, 1.165) is 5.56 Å². The second-order valence-electron chi connectivity index (χ2n) is 2.46. The van der Waals surface area contributed by atoms with Gasteiger partial charge in [-0.05, 0) is 24.6 Å². The van der Waals surface area contributed by atoms with Gasteiger partial charge in [-0.2, -0.15) is 5.26 Å². The Kier molecular flexibility index (Phi) is 2.90. The first kappa shape index (κ1) is 8.83. The fraction of sp³-hybridized carbons (Fsp3) is 0.100. The minimum atomic E-state index is 0.656. The van der Waals surface area contributed by atoms with Gasteiger partial charge in [-0.15, -0.1) is 0 Å². The van der Waals surface area contributed by atoms with Crippen LogP contribution in [0.4, 0.5) is 0 Å². The number of allylic oxidation sites excluding steroid dienone is 1. The Hall–Kier alpha value is -1.26. The number of nitrogens with zero attached hydrogens (tertiary/aromatic N) is 1. The summed E-state index contributed by atoms with van der Waals surface area (Å²) in [5.41, 5.74) is 1.54. The first-order valence-corrected chi connectivity index (χ1v) is 3.95. The van der Waals surface area contributed by atoms with Crippen molar-refractivity contribution in [3.8, 4) is 6.07 Å². The van der Waals surface area contributed by atoms with Gasteiger partial charge in [0.05, 0.1) is 6.07 Å². The highest BCUT2D eigenvalue weighted by molar-refractivity contribution is 6.32. The molecule has 0 amide bonds. The van der Waals surface area contributed by atoms with Crippen LogP contribution in [-0.2, 0) is 0 Å². The molecule has 0 aromatic heterocycles. The predicted molar refractivity (Wildman–Crippen MR) is 50.7 cm³/mol. The van der Waals surface area contributed by atoms with E-state index in [1.165, 1.54) is 0 Å². The van der Waals surface area contributed by atoms with Crippen molar-refractivity contribution in [2.24, 2.45) is 0 Å². The van der Waals surface area contributed by atoms with Crippen LogP contribution in [0.15, 0.2) is 29.8 Å². The predicted octanol–water partition coefficient (Wildman–Crippen LogP) is 3.27. The molecular weight excluding hydrogens is 170 g/mol. The Morgan fingerprint density at radius 3 is 2.75 bits per heavy atom. The van der Waals surface area contributed by atoms with Gasteiger partial charge in [0.2, 0.25) is 0 Å². The number of hydrogen-bond acceptors (Lipinski definition) is 1. The number of rotatable bonds is 1. The highest BCUT2D eigenvalue weighted by atomic mass is 35.5. The molecule has 0 spiro atoms. The van der Waals surface area contributed by atoms with Crippen molar-refractivity contribution in [2.75, 3.05) is 0 Å². The molecule has 0 atom stereocenters. The van der Waals surface area contributed by atoms with Crippen LogP contribution in [0, 0.1) is 11.3 Å². The molecule has 0 saturated carbocycles. The van der Waals surface area contributed by atoms with Crippen LogP contribution in [0.1, 0.15) is 12.5 Å². The first-order chi connectivity index (χ1) is 5.74. The molecule has 0 aliphatic carbocycles. The number of nitriles is 1. The fourth-order valence-corrected chi connectivity index (χ4v) is 1.05. The molecular formula is C10H8ClN. The molecule has 1 rings (SSSR count). The summed E-state index contributed by atoms with van der Waals surface area (Å²) in [6.07, 6.45) is 1.77. The average Bonchev–Trinajstić information content (AvgIpc) is 2.09. The van der Waals surface area contributed by atoms with Crippen molar-refractivity contribution in [1.82, 2.24) is 0 Å². The maximum atomic E-state index is 8.53. The minimum Gasteiger partial charge on any atom is -0.193 e. The summed E-state index contributed by atoms with van der Waals surface area (Å²) in [7, 11) is 0. The molecule has 2 heteroatoms. The van der Waals surface area contributed by atoms with E-state index in [-0.39, 0.29) is 0 Å². The number of benzene rings is 1. The third kappa shape index (κ3) is 2.11. The Morgan fingerprint density at radius 1 is 1.50 bits per heavy atom. The summed E-state index contributed by atoms with van der Waals surface area (Å²) in [5.74, 6) is 0. The summed E-state index contributed by atoms with van der Waals surface area (Å²) < 4.78 is 0. The lowest BCUT2D eigenvalue weighted by atomic mass is 10.1. The van der Waals surface area contributed by atoms with Crippen molar-refractivity contribution in [3.05, 3.63) is 40.4 Å². The van der Waals surface area contributed by atoms with Gasteiger partial charge < -0.3 is 0 Å². The summed E-state index contributed by atoms with van der Waals surface area (Å²) in [5, 5.41) is 9.20.